The third-order valence-electron chi connectivity index (χ3n) is 7.26. The number of aromatic nitrogens is 1. The van der Waals surface area contributed by atoms with E-state index in [1.165, 1.54) is 0 Å². The SMILES string of the molecule is O=C(CN1CCC12CCCN(C(=O)c1nccc3ccccc13)C2)N1CCCC1.O=C(O)C(F)(F)F. The second-order valence-corrected chi connectivity index (χ2v) is 9.50. The van der Waals surface area contributed by atoms with Crippen LogP contribution in [-0.4, -0.2) is 93.6 Å². The predicted molar refractivity (Wildman–Crippen MR) is 125 cm³/mol. The number of aliphatic carboxylic acids is 1. The molecule has 8 nitrogen and oxygen atoms in total. The molecule has 3 aliphatic heterocycles. The van der Waals surface area contributed by atoms with Gasteiger partial charge in [0.25, 0.3) is 5.91 Å². The Hall–Kier alpha value is -3.21. The summed E-state index contributed by atoms with van der Waals surface area (Å²) in [6.07, 6.45) is 1.99. The number of halogens is 3. The third kappa shape index (κ3) is 5.45. The van der Waals surface area contributed by atoms with E-state index in [-0.39, 0.29) is 17.4 Å². The fourth-order valence-electron chi connectivity index (χ4n) is 5.25. The van der Waals surface area contributed by atoms with Crippen LogP contribution in [0.15, 0.2) is 36.5 Å². The quantitative estimate of drug-likeness (QED) is 0.688. The molecule has 0 bridgehead atoms. The van der Waals surface area contributed by atoms with Crippen molar-refractivity contribution in [2.45, 2.75) is 43.8 Å². The summed E-state index contributed by atoms with van der Waals surface area (Å²) in [5.41, 5.74) is 0.507. The number of alkyl halides is 3. The normalized spacial score (nSPS) is 22.2. The van der Waals surface area contributed by atoms with Gasteiger partial charge in [0.15, 0.2) is 0 Å². The van der Waals surface area contributed by atoms with E-state index >= 15 is 0 Å². The highest BCUT2D eigenvalue weighted by Crippen LogP contribution is 2.39. The number of piperidine rings is 1. The molecule has 4 heterocycles. The van der Waals surface area contributed by atoms with Crippen LogP contribution >= 0.6 is 0 Å². The van der Waals surface area contributed by atoms with Crippen molar-refractivity contribution in [1.29, 1.82) is 0 Å². The van der Waals surface area contributed by atoms with Gasteiger partial charge in [-0.15, -0.1) is 0 Å². The molecule has 0 aliphatic carbocycles. The lowest BCUT2D eigenvalue weighted by molar-refractivity contribution is -0.192. The number of hydrogen-bond acceptors (Lipinski definition) is 5. The molecule has 2 amide bonds. The number of carboxylic acid groups (broad SMARTS) is 1. The minimum atomic E-state index is -5.08. The lowest BCUT2D eigenvalue weighted by Crippen LogP contribution is -2.68. The van der Waals surface area contributed by atoms with Crippen LogP contribution < -0.4 is 0 Å². The predicted octanol–water partition coefficient (Wildman–Crippen LogP) is 3.17. The largest absolute Gasteiger partial charge is 0.490 e. The van der Waals surface area contributed by atoms with Gasteiger partial charge >= 0.3 is 12.1 Å². The summed E-state index contributed by atoms with van der Waals surface area (Å²) in [7, 11) is 0. The summed E-state index contributed by atoms with van der Waals surface area (Å²) in [5, 5.41) is 9.08. The molecule has 3 aliphatic rings. The van der Waals surface area contributed by atoms with E-state index in [2.05, 4.69) is 9.88 Å². The van der Waals surface area contributed by atoms with Gasteiger partial charge in [-0.3, -0.25) is 19.5 Å². The van der Waals surface area contributed by atoms with Crippen molar-refractivity contribution < 1.29 is 32.7 Å². The monoisotopic (exact) mass is 506 g/mol. The van der Waals surface area contributed by atoms with Crippen LogP contribution in [0.2, 0.25) is 0 Å². The zero-order valence-electron chi connectivity index (χ0n) is 19.8. The number of rotatable bonds is 3. The van der Waals surface area contributed by atoms with Crippen LogP contribution in [0.1, 0.15) is 42.6 Å². The molecule has 0 saturated carbocycles. The summed E-state index contributed by atoms with van der Waals surface area (Å²) < 4.78 is 31.7. The molecule has 1 aromatic heterocycles. The van der Waals surface area contributed by atoms with Gasteiger partial charge in [0, 0.05) is 49.8 Å². The lowest BCUT2D eigenvalue weighted by Gasteiger charge is -2.57. The number of nitrogens with zero attached hydrogens (tertiary/aromatic N) is 4. The van der Waals surface area contributed by atoms with Crippen LogP contribution in [0.25, 0.3) is 10.8 Å². The maximum Gasteiger partial charge on any atom is 0.490 e. The number of carbonyl (C=O) groups is 3. The van der Waals surface area contributed by atoms with Gasteiger partial charge in [0.1, 0.15) is 5.69 Å². The molecule has 5 rings (SSSR count). The first-order chi connectivity index (χ1) is 17.1. The van der Waals surface area contributed by atoms with Crippen LogP contribution in [0.4, 0.5) is 13.2 Å². The lowest BCUT2D eigenvalue weighted by atomic mass is 9.77. The Morgan fingerprint density at radius 1 is 0.944 bits per heavy atom. The average Bonchev–Trinajstić information content (AvgIpc) is 3.41. The van der Waals surface area contributed by atoms with Crippen molar-refractivity contribution in [3.05, 3.63) is 42.2 Å². The number of hydrogen-bond donors (Lipinski definition) is 1. The summed E-state index contributed by atoms with van der Waals surface area (Å²) in [6.45, 7) is 4.71. The fraction of sp³-hybridized carbons (Fsp3) is 0.520. The average molecular weight is 507 g/mol. The molecule has 0 radical (unpaired) electrons. The summed E-state index contributed by atoms with van der Waals surface area (Å²) >= 11 is 0. The van der Waals surface area contributed by atoms with Gasteiger partial charge in [-0.25, -0.2) is 4.79 Å². The van der Waals surface area contributed by atoms with Crippen molar-refractivity contribution in [3.63, 3.8) is 0 Å². The number of likely N-dealkylation sites (tertiary alicyclic amines) is 3. The number of benzene rings is 1. The number of carboxylic acids is 1. The molecule has 3 saturated heterocycles. The van der Waals surface area contributed by atoms with Gasteiger partial charge in [0.2, 0.25) is 5.91 Å². The smallest absolute Gasteiger partial charge is 0.475 e. The first-order valence-electron chi connectivity index (χ1n) is 12.1. The summed E-state index contributed by atoms with van der Waals surface area (Å²) in [5.74, 6) is -2.49. The summed E-state index contributed by atoms with van der Waals surface area (Å²) in [6, 6.07) is 9.87. The zero-order valence-corrected chi connectivity index (χ0v) is 19.8. The molecule has 1 unspecified atom stereocenters. The van der Waals surface area contributed by atoms with Gasteiger partial charge < -0.3 is 14.9 Å². The molecule has 1 aromatic carbocycles. The zero-order chi connectivity index (χ0) is 25.9. The van der Waals surface area contributed by atoms with Crippen molar-refractivity contribution in [2.75, 3.05) is 39.3 Å². The van der Waals surface area contributed by atoms with Crippen molar-refractivity contribution in [2.24, 2.45) is 0 Å². The van der Waals surface area contributed by atoms with Crippen LogP contribution in [0, 0.1) is 0 Å². The first kappa shape index (κ1) is 25.9. The van der Waals surface area contributed by atoms with E-state index < -0.39 is 12.1 Å². The Bertz CT molecular complexity index is 1130. The number of pyridine rings is 1. The second-order valence-electron chi connectivity index (χ2n) is 9.50. The van der Waals surface area contributed by atoms with Crippen molar-refractivity contribution >= 4 is 28.6 Å². The molecule has 11 heteroatoms. The minimum Gasteiger partial charge on any atom is -0.475 e. The van der Waals surface area contributed by atoms with Gasteiger partial charge in [-0.1, -0.05) is 24.3 Å². The second kappa shape index (κ2) is 10.4. The van der Waals surface area contributed by atoms with Crippen molar-refractivity contribution in [1.82, 2.24) is 19.7 Å². The topological polar surface area (TPSA) is 94.1 Å². The number of carbonyl (C=O) groups excluding carboxylic acids is 2. The molecular weight excluding hydrogens is 477 g/mol. The third-order valence-corrected chi connectivity index (χ3v) is 7.26. The highest BCUT2D eigenvalue weighted by molar-refractivity contribution is 6.05. The van der Waals surface area contributed by atoms with Gasteiger partial charge in [-0.2, -0.15) is 13.2 Å². The molecular formula is C25H29F3N4O4. The van der Waals surface area contributed by atoms with Crippen LogP contribution in [-0.2, 0) is 9.59 Å². The standard InChI is InChI=1S/C23H28N4O2.C2HF3O2/c28-20(25-12-3-4-13-25)16-27-15-10-23(27)9-5-14-26(17-23)22(29)21-19-7-2-1-6-18(19)8-11-24-21;3-2(4,5)1(6)7/h1-2,6-8,11H,3-5,9-10,12-17H2;(H,6,7). The maximum absolute atomic E-state index is 13.3. The molecule has 1 N–H and O–H groups in total. The van der Waals surface area contributed by atoms with E-state index in [0.717, 1.165) is 69.1 Å². The number of amides is 2. The highest BCUT2D eigenvalue weighted by atomic mass is 19.4. The Labute approximate surface area is 206 Å². The minimum absolute atomic E-state index is 0.0126. The Morgan fingerprint density at radius 2 is 1.61 bits per heavy atom. The Balaban J connectivity index is 0.000000384. The van der Waals surface area contributed by atoms with Crippen molar-refractivity contribution in [3.8, 4) is 0 Å². The van der Waals surface area contributed by atoms with Crippen LogP contribution in [0.5, 0.6) is 0 Å². The molecule has 3 fully saturated rings. The molecule has 2 aromatic rings. The summed E-state index contributed by atoms with van der Waals surface area (Å²) in [4.78, 5) is 45.6. The van der Waals surface area contributed by atoms with E-state index in [0.29, 0.717) is 18.8 Å². The maximum atomic E-state index is 13.3. The first-order valence-corrected chi connectivity index (χ1v) is 12.1. The Morgan fingerprint density at radius 3 is 2.25 bits per heavy atom. The fourth-order valence-corrected chi connectivity index (χ4v) is 5.25. The number of fused-ring (bicyclic) bond motifs is 1. The Kier molecular flexibility index (Phi) is 7.49. The van der Waals surface area contributed by atoms with Crippen LogP contribution in [0.3, 0.4) is 0 Å². The van der Waals surface area contributed by atoms with E-state index in [1.807, 2.05) is 40.1 Å². The molecule has 36 heavy (non-hydrogen) atoms. The van der Waals surface area contributed by atoms with Gasteiger partial charge in [0.05, 0.1) is 6.54 Å². The van der Waals surface area contributed by atoms with E-state index in [9.17, 15) is 22.8 Å². The molecule has 1 spiro atoms. The molecule has 1 atom stereocenters. The highest BCUT2D eigenvalue weighted by Gasteiger charge is 2.49. The van der Waals surface area contributed by atoms with Gasteiger partial charge in [-0.05, 0) is 43.6 Å². The molecule has 194 valence electrons. The van der Waals surface area contributed by atoms with E-state index in [4.69, 9.17) is 9.90 Å². The van der Waals surface area contributed by atoms with E-state index in [1.54, 1.807) is 6.20 Å².